The first-order valence-corrected chi connectivity index (χ1v) is 8.45. The first-order valence-electron chi connectivity index (χ1n) is 8.45. The highest BCUT2D eigenvalue weighted by atomic mass is 16.6. The largest absolute Gasteiger partial charge is 0.486 e. The van der Waals surface area contributed by atoms with Gasteiger partial charge in [-0.3, -0.25) is 9.48 Å². The highest BCUT2D eigenvalue weighted by Gasteiger charge is 2.25. The number of carbonyl (C=O) groups excluding carboxylic acids is 1. The number of rotatable bonds is 3. The zero-order valence-electron chi connectivity index (χ0n) is 13.6. The van der Waals surface area contributed by atoms with Crippen molar-refractivity contribution in [3.05, 3.63) is 42.2 Å². The standard InChI is InChI=1S/C18H21N3O3/c22-18(12-14-4-5-16-17(11-14)24-10-9-23-16)20-7-1-3-15(13-20)21-8-2-6-19-21/h2,4-6,8,11,15H,1,3,7,9-10,12-13H2/t15-/m1/s1. The van der Waals surface area contributed by atoms with Crippen LogP contribution in [0.3, 0.4) is 0 Å². The molecule has 1 aromatic carbocycles. The molecular formula is C18H21N3O3. The Kier molecular flexibility index (Phi) is 4.11. The molecular weight excluding hydrogens is 306 g/mol. The summed E-state index contributed by atoms with van der Waals surface area (Å²) in [5.41, 5.74) is 0.963. The molecule has 0 bridgehead atoms. The molecule has 24 heavy (non-hydrogen) atoms. The number of fused-ring (bicyclic) bond motifs is 1. The highest BCUT2D eigenvalue weighted by Crippen LogP contribution is 2.31. The van der Waals surface area contributed by atoms with Gasteiger partial charge in [0.2, 0.25) is 5.91 Å². The summed E-state index contributed by atoms with van der Waals surface area (Å²) in [5.74, 6) is 1.65. The molecule has 6 heteroatoms. The summed E-state index contributed by atoms with van der Waals surface area (Å²) in [7, 11) is 0. The Morgan fingerprint density at radius 2 is 2.12 bits per heavy atom. The maximum Gasteiger partial charge on any atom is 0.227 e. The summed E-state index contributed by atoms with van der Waals surface area (Å²) in [6.07, 6.45) is 6.23. The third-order valence-electron chi connectivity index (χ3n) is 4.61. The predicted octanol–water partition coefficient (Wildman–Crippen LogP) is 2.06. The Labute approximate surface area is 141 Å². The topological polar surface area (TPSA) is 56.6 Å². The number of likely N-dealkylation sites (tertiary alicyclic amines) is 1. The molecule has 1 saturated heterocycles. The number of carbonyl (C=O) groups is 1. The smallest absolute Gasteiger partial charge is 0.227 e. The molecule has 0 saturated carbocycles. The number of ether oxygens (including phenoxy) is 2. The maximum absolute atomic E-state index is 12.7. The van der Waals surface area contributed by atoms with Crippen LogP contribution >= 0.6 is 0 Å². The van der Waals surface area contributed by atoms with Crippen LogP contribution in [-0.2, 0) is 11.2 Å². The first-order chi connectivity index (χ1) is 11.8. The van der Waals surface area contributed by atoms with Gasteiger partial charge in [0.05, 0.1) is 12.5 Å². The fourth-order valence-electron chi connectivity index (χ4n) is 3.38. The average molecular weight is 327 g/mol. The van der Waals surface area contributed by atoms with Gasteiger partial charge < -0.3 is 14.4 Å². The fraction of sp³-hybridized carbons (Fsp3) is 0.444. The zero-order valence-corrected chi connectivity index (χ0v) is 13.6. The fourth-order valence-corrected chi connectivity index (χ4v) is 3.38. The van der Waals surface area contributed by atoms with Crippen molar-refractivity contribution in [2.24, 2.45) is 0 Å². The molecule has 1 amide bonds. The van der Waals surface area contributed by atoms with Crippen LogP contribution in [0.25, 0.3) is 0 Å². The van der Waals surface area contributed by atoms with E-state index in [4.69, 9.17) is 9.47 Å². The minimum atomic E-state index is 0.156. The van der Waals surface area contributed by atoms with Crippen molar-refractivity contribution in [3.63, 3.8) is 0 Å². The Balaban J connectivity index is 1.42. The number of hydrogen-bond donors (Lipinski definition) is 0. The summed E-state index contributed by atoms with van der Waals surface area (Å²) < 4.78 is 13.1. The normalized spacial score (nSPS) is 20.0. The first kappa shape index (κ1) is 15.1. The van der Waals surface area contributed by atoms with Crippen molar-refractivity contribution in [2.75, 3.05) is 26.3 Å². The molecule has 2 aliphatic heterocycles. The summed E-state index contributed by atoms with van der Waals surface area (Å²) in [6, 6.07) is 7.95. The minimum Gasteiger partial charge on any atom is -0.486 e. The van der Waals surface area contributed by atoms with E-state index in [-0.39, 0.29) is 11.9 Å². The molecule has 0 radical (unpaired) electrons. The van der Waals surface area contributed by atoms with Gasteiger partial charge in [-0.05, 0) is 36.6 Å². The van der Waals surface area contributed by atoms with E-state index >= 15 is 0 Å². The van der Waals surface area contributed by atoms with Gasteiger partial charge in [-0.1, -0.05) is 6.07 Å². The number of amides is 1. The van der Waals surface area contributed by atoms with E-state index in [2.05, 4.69) is 5.10 Å². The van der Waals surface area contributed by atoms with Crippen LogP contribution in [0.5, 0.6) is 11.5 Å². The second-order valence-electron chi connectivity index (χ2n) is 6.28. The molecule has 1 fully saturated rings. The molecule has 0 spiro atoms. The van der Waals surface area contributed by atoms with Gasteiger partial charge in [0.1, 0.15) is 13.2 Å². The highest BCUT2D eigenvalue weighted by molar-refractivity contribution is 5.79. The number of benzene rings is 1. The van der Waals surface area contributed by atoms with Crippen LogP contribution in [0, 0.1) is 0 Å². The third-order valence-corrected chi connectivity index (χ3v) is 4.61. The lowest BCUT2D eigenvalue weighted by Crippen LogP contribution is -2.41. The lowest BCUT2D eigenvalue weighted by molar-refractivity contribution is -0.132. The number of piperidine rings is 1. The van der Waals surface area contributed by atoms with Crippen LogP contribution in [0.1, 0.15) is 24.4 Å². The molecule has 0 unspecified atom stereocenters. The van der Waals surface area contributed by atoms with E-state index in [0.29, 0.717) is 19.6 Å². The molecule has 0 aliphatic carbocycles. The zero-order chi connectivity index (χ0) is 16.4. The van der Waals surface area contributed by atoms with E-state index in [1.165, 1.54) is 0 Å². The molecule has 3 heterocycles. The molecule has 2 aliphatic rings. The second kappa shape index (κ2) is 6.55. The van der Waals surface area contributed by atoms with Gasteiger partial charge >= 0.3 is 0 Å². The quantitative estimate of drug-likeness (QED) is 0.866. The molecule has 4 rings (SSSR count). The van der Waals surface area contributed by atoms with Gasteiger partial charge in [-0.15, -0.1) is 0 Å². The maximum atomic E-state index is 12.7. The van der Waals surface area contributed by atoms with E-state index in [9.17, 15) is 4.79 Å². The van der Waals surface area contributed by atoms with Gasteiger partial charge in [-0.2, -0.15) is 5.10 Å². The van der Waals surface area contributed by atoms with Crippen LogP contribution in [0.2, 0.25) is 0 Å². The number of aromatic nitrogens is 2. The van der Waals surface area contributed by atoms with Crippen molar-refractivity contribution in [1.29, 1.82) is 0 Å². The predicted molar refractivity (Wildman–Crippen MR) is 88.2 cm³/mol. The van der Waals surface area contributed by atoms with Crippen molar-refractivity contribution >= 4 is 5.91 Å². The van der Waals surface area contributed by atoms with E-state index < -0.39 is 0 Å². The molecule has 1 atom stereocenters. The summed E-state index contributed by atoms with van der Waals surface area (Å²) in [6.45, 7) is 2.68. The Bertz CT molecular complexity index is 714. The molecule has 1 aromatic heterocycles. The van der Waals surface area contributed by atoms with Gasteiger partial charge in [-0.25, -0.2) is 0 Å². The van der Waals surface area contributed by atoms with Crippen molar-refractivity contribution in [2.45, 2.75) is 25.3 Å². The van der Waals surface area contributed by atoms with E-state index in [1.807, 2.05) is 40.0 Å². The van der Waals surface area contributed by atoms with Crippen LogP contribution < -0.4 is 9.47 Å². The average Bonchev–Trinajstić information content (AvgIpc) is 3.16. The summed E-state index contributed by atoms with van der Waals surface area (Å²) >= 11 is 0. The molecule has 6 nitrogen and oxygen atoms in total. The third kappa shape index (κ3) is 3.09. The van der Waals surface area contributed by atoms with E-state index in [1.54, 1.807) is 6.20 Å². The van der Waals surface area contributed by atoms with Gasteiger partial charge in [0.15, 0.2) is 11.5 Å². The molecule has 2 aromatic rings. The minimum absolute atomic E-state index is 0.156. The number of hydrogen-bond acceptors (Lipinski definition) is 4. The van der Waals surface area contributed by atoms with E-state index in [0.717, 1.165) is 43.0 Å². The Hall–Kier alpha value is -2.50. The monoisotopic (exact) mass is 327 g/mol. The Morgan fingerprint density at radius 1 is 1.25 bits per heavy atom. The lowest BCUT2D eigenvalue weighted by atomic mass is 10.0. The van der Waals surface area contributed by atoms with Crippen LogP contribution in [0.15, 0.2) is 36.7 Å². The molecule has 0 N–H and O–H groups in total. The van der Waals surface area contributed by atoms with Crippen LogP contribution in [-0.4, -0.2) is 46.9 Å². The molecule has 126 valence electrons. The van der Waals surface area contributed by atoms with Crippen LogP contribution in [0.4, 0.5) is 0 Å². The van der Waals surface area contributed by atoms with Crippen molar-refractivity contribution < 1.29 is 14.3 Å². The SMILES string of the molecule is O=C(Cc1ccc2c(c1)OCCO2)N1CCC[C@@H](n2cccn2)C1. The second-order valence-corrected chi connectivity index (χ2v) is 6.28. The number of nitrogens with zero attached hydrogens (tertiary/aromatic N) is 3. The summed E-state index contributed by atoms with van der Waals surface area (Å²) in [5, 5.41) is 4.31. The van der Waals surface area contributed by atoms with Gasteiger partial charge in [0.25, 0.3) is 0 Å². The van der Waals surface area contributed by atoms with Crippen molar-refractivity contribution in [3.8, 4) is 11.5 Å². The van der Waals surface area contributed by atoms with Gasteiger partial charge in [0, 0.05) is 25.5 Å². The lowest BCUT2D eigenvalue weighted by Gasteiger charge is -2.33. The Morgan fingerprint density at radius 3 is 2.96 bits per heavy atom. The van der Waals surface area contributed by atoms with Crippen molar-refractivity contribution in [1.82, 2.24) is 14.7 Å². The summed E-state index contributed by atoms with van der Waals surface area (Å²) in [4.78, 5) is 14.6.